The van der Waals surface area contributed by atoms with Gasteiger partial charge < -0.3 is 4.74 Å². The van der Waals surface area contributed by atoms with Crippen LogP contribution in [0.1, 0.15) is 10.4 Å². The molecule has 2 aromatic rings. The smallest absolute Gasteiger partial charge is 0.345 e. The fourth-order valence-corrected chi connectivity index (χ4v) is 2.14. The maximum atomic E-state index is 12.0. The normalized spacial score (nSPS) is 10.2. The van der Waals surface area contributed by atoms with Crippen LogP contribution in [0.3, 0.4) is 0 Å². The van der Waals surface area contributed by atoms with Crippen LogP contribution in [0.5, 0.6) is 5.75 Å². The number of halogens is 3. The Hall–Kier alpha value is -1.82. The molecule has 108 valence electrons. The molecular formula is C13H6Cl3NO4. The summed E-state index contributed by atoms with van der Waals surface area (Å²) in [6, 6.07) is 7.78. The monoisotopic (exact) mass is 345 g/mol. The van der Waals surface area contributed by atoms with Crippen molar-refractivity contribution >= 4 is 46.5 Å². The number of carbonyl (C=O) groups is 1. The number of rotatable bonds is 3. The summed E-state index contributed by atoms with van der Waals surface area (Å²) in [5.41, 5.74) is -0.398. The van der Waals surface area contributed by atoms with Gasteiger partial charge in [-0.2, -0.15) is 0 Å². The molecule has 0 heterocycles. The lowest BCUT2D eigenvalue weighted by molar-refractivity contribution is -0.384. The van der Waals surface area contributed by atoms with Crippen molar-refractivity contribution in [2.75, 3.05) is 0 Å². The van der Waals surface area contributed by atoms with Crippen LogP contribution in [0.2, 0.25) is 15.1 Å². The number of carbonyl (C=O) groups excluding carboxylic acids is 1. The summed E-state index contributed by atoms with van der Waals surface area (Å²) in [7, 11) is 0. The van der Waals surface area contributed by atoms with Crippen LogP contribution in [0.25, 0.3) is 0 Å². The molecule has 0 aliphatic carbocycles. The molecule has 2 rings (SSSR count). The molecule has 0 aliphatic rings. The van der Waals surface area contributed by atoms with Gasteiger partial charge in [-0.15, -0.1) is 0 Å². The topological polar surface area (TPSA) is 69.4 Å². The molecule has 0 saturated heterocycles. The summed E-state index contributed by atoms with van der Waals surface area (Å²) >= 11 is 17.5. The van der Waals surface area contributed by atoms with Crippen LogP contribution >= 0.6 is 34.8 Å². The van der Waals surface area contributed by atoms with Crippen LogP contribution in [0.4, 0.5) is 5.69 Å². The molecule has 0 N–H and O–H groups in total. The van der Waals surface area contributed by atoms with E-state index >= 15 is 0 Å². The third kappa shape index (κ3) is 3.64. The Morgan fingerprint density at radius 2 is 1.76 bits per heavy atom. The van der Waals surface area contributed by atoms with E-state index in [4.69, 9.17) is 39.5 Å². The number of benzene rings is 2. The Labute approximate surface area is 134 Å². The molecule has 5 nitrogen and oxygen atoms in total. The van der Waals surface area contributed by atoms with Gasteiger partial charge in [0.1, 0.15) is 5.75 Å². The van der Waals surface area contributed by atoms with Crippen molar-refractivity contribution in [1.82, 2.24) is 0 Å². The molecule has 0 atom stereocenters. The third-order valence-electron chi connectivity index (χ3n) is 2.48. The standard InChI is InChI=1S/C13H6Cl3NO4/c14-7-1-4-12(11(16)5-7)21-13(18)9-6-8(17(19)20)2-3-10(9)15/h1-6H. The molecule has 0 amide bonds. The Balaban J connectivity index is 2.32. The van der Waals surface area contributed by atoms with E-state index in [9.17, 15) is 14.9 Å². The van der Waals surface area contributed by atoms with E-state index in [0.29, 0.717) is 5.02 Å². The summed E-state index contributed by atoms with van der Waals surface area (Å²) in [4.78, 5) is 22.1. The summed E-state index contributed by atoms with van der Waals surface area (Å²) in [5.74, 6) is -0.776. The van der Waals surface area contributed by atoms with E-state index in [1.165, 1.54) is 30.3 Å². The average Bonchev–Trinajstić information content (AvgIpc) is 2.42. The second-order valence-electron chi connectivity index (χ2n) is 3.89. The van der Waals surface area contributed by atoms with Gasteiger partial charge in [-0.05, 0) is 24.3 Å². The van der Waals surface area contributed by atoms with Crippen molar-refractivity contribution in [3.8, 4) is 5.75 Å². The molecular weight excluding hydrogens is 341 g/mol. The molecule has 0 aliphatic heterocycles. The Bertz CT molecular complexity index is 733. The van der Waals surface area contributed by atoms with Gasteiger partial charge in [0.25, 0.3) is 5.69 Å². The Morgan fingerprint density at radius 3 is 2.38 bits per heavy atom. The molecule has 21 heavy (non-hydrogen) atoms. The van der Waals surface area contributed by atoms with E-state index in [1.54, 1.807) is 0 Å². The summed E-state index contributed by atoms with van der Waals surface area (Å²) in [6.45, 7) is 0. The van der Waals surface area contributed by atoms with E-state index < -0.39 is 10.9 Å². The van der Waals surface area contributed by atoms with Gasteiger partial charge in [0.2, 0.25) is 0 Å². The third-order valence-corrected chi connectivity index (χ3v) is 3.34. The van der Waals surface area contributed by atoms with Crippen molar-refractivity contribution in [3.05, 3.63) is 67.1 Å². The van der Waals surface area contributed by atoms with E-state index in [2.05, 4.69) is 0 Å². The van der Waals surface area contributed by atoms with Gasteiger partial charge in [-0.25, -0.2) is 4.79 Å². The van der Waals surface area contributed by atoms with Crippen molar-refractivity contribution in [1.29, 1.82) is 0 Å². The molecule has 8 heteroatoms. The number of non-ortho nitro benzene ring substituents is 1. The minimum atomic E-state index is -0.854. The first kappa shape index (κ1) is 15.6. The van der Waals surface area contributed by atoms with Gasteiger partial charge in [0.15, 0.2) is 0 Å². The first-order chi connectivity index (χ1) is 9.88. The highest BCUT2D eigenvalue weighted by Gasteiger charge is 2.18. The predicted molar refractivity (Wildman–Crippen MR) is 79.5 cm³/mol. The van der Waals surface area contributed by atoms with Crippen LogP contribution in [0, 0.1) is 10.1 Å². The predicted octanol–water partition coefficient (Wildman–Crippen LogP) is 4.77. The van der Waals surface area contributed by atoms with Gasteiger partial charge in [-0.1, -0.05) is 34.8 Å². The minimum Gasteiger partial charge on any atom is -0.421 e. The minimum absolute atomic E-state index is 0.0377. The lowest BCUT2D eigenvalue weighted by Crippen LogP contribution is -2.10. The highest BCUT2D eigenvalue weighted by atomic mass is 35.5. The van der Waals surface area contributed by atoms with Crippen LogP contribution < -0.4 is 4.74 Å². The molecule has 0 saturated carbocycles. The lowest BCUT2D eigenvalue weighted by atomic mass is 10.2. The Morgan fingerprint density at radius 1 is 1.05 bits per heavy atom. The number of nitro benzene ring substituents is 1. The fourth-order valence-electron chi connectivity index (χ4n) is 1.50. The molecule has 0 unspecified atom stereocenters. The second kappa shape index (κ2) is 6.30. The van der Waals surface area contributed by atoms with Crippen LogP contribution in [0.15, 0.2) is 36.4 Å². The van der Waals surface area contributed by atoms with Crippen molar-refractivity contribution in [2.45, 2.75) is 0 Å². The summed E-state index contributed by atoms with van der Waals surface area (Å²) < 4.78 is 5.07. The van der Waals surface area contributed by atoms with Crippen LogP contribution in [-0.2, 0) is 0 Å². The van der Waals surface area contributed by atoms with Crippen molar-refractivity contribution < 1.29 is 14.5 Å². The number of nitro groups is 1. The maximum absolute atomic E-state index is 12.0. The summed E-state index contributed by atoms with van der Waals surface area (Å²) in [6.07, 6.45) is 0. The molecule has 0 radical (unpaired) electrons. The van der Waals surface area contributed by atoms with Crippen molar-refractivity contribution in [2.24, 2.45) is 0 Å². The second-order valence-corrected chi connectivity index (χ2v) is 5.14. The summed E-state index contributed by atoms with van der Waals surface area (Å²) in [5, 5.41) is 11.3. The number of ether oxygens (including phenoxy) is 1. The van der Waals surface area contributed by atoms with Gasteiger partial charge in [0.05, 0.1) is 20.5 Å². The Kier molecular flexibility index (Phi) is 4.67. The van der Waals surface area contributed by atoms with Gasteiger partial charge in [0, 0.05) is 17.2 Å². The van der Waals surface area contributed by atoms with Crippen LogP contribution in [-0.4, -0.2) is 10.9 Å². The number of hydrogen-bond donors (Lipinski definition) is 0. The van der Waals surface area contributed by atoms with E-state index in [1.807, 2.05) is 0 Å². The highest BCUT2D eigenvalue weighted by molar-refractivity contribution is 6.36. The quantitative estimate of drug-likeness (QED) is 0.347. The van der Waals surface area contributed by atoms with Crippen molar-refractivity contribution in [3.63, 3.8) is 0 Å². The number of hydrogen-bond acceptors (Lipinski definition) is 4. The number of esters is 1. The largest absolute Gasteiger partial charge is 0.421 e. The van der Waals surface area contributed by atoms with E-state index in [-0.39, 0.29) is 27.0 Å². The molecule has 0 bridgehead atoms. The zero-order valence-corrected chi connectivity index (χ0v) is 12.4. The lowest BCUT2D eigenvalue weighted by Gasteiger charge is -2.07. The zero-order valence-electron chi connectivity index (χ0n) is 10.2. The average molecular weight is 347 g/mol. The molecule has 0 aromatic heterocycles. The fraction of sp³-hybridized carbons (Fsp3) is 0. The molecule has 0 fully saturated rings. The number of nitrogens with zero attached hydrogens (tertiary/aromatic N) is 1. The molecule has 2 aromatic carbocycles. The first-order valence-electron chi connectivity index (χ1n) is 5.49. The maximum Gasteiger partial charge on any atom is 0.345 e. The SMILES string of the molecule is O=C(Oc1ccc(Cl)cc1Cl)c1cc([N+](=O)[O-])ccc1Cl. The zero-order chi connectivity index (χ0) is 15.6. The molecule has 0 spiro atoms. The van der Waals surface area contributed by atoms with Gasteiger partial charge >= 0.3 is 5.97 Å². The van der Waals surface area contributed by atoms with E-state index in [0.717, 1.165) is 6.07 Å². The highest BCUT2D eigenvalue weighted by Crippen LogP contribution is 2.29. The first-order valence-corrected chi connectivity index (χ1v) is 6.63. The van der Waals surface area contributed by atoms with Gasteiger partial charge in [-0.3, -0.25) is 10.1 Å².